The third-order valence-corrected chi connectivity index (χ3v) is 13.7. The first-order valence-electron chi connectivity index (χ1n) is 23.1. The smallest absolute Gasteiger partial charge is 0.309 e. The molecule has 10 aromatic rings. The molecule has 7 heteroatoms. The van der Waals surface area contributed by atoms with Crippen molar-refractivity contribution < 1.29 is 13.2 Å². The van der Waals surface area contributed by atoms with E-state index in [1.807, 2.05) is 72.8 Å². The quantitative estimate of drug-likeness (QED) is 0.173. The van der Waals surface area contributed by atoms with Crippen molar-refractivity contribution in [2.24, 2.45) is 0 Å². The molecule has 2 heterocycles. The summed E-state index contributed by atoms with van der Waals surface area (Å²) in [5.74, 6) is 0. The van der Waals surface area contributed by atoms with Crippen molar-refractivity contribution in [2.45, 2.75) is 19.0 Å². The van der Waals surface area contributed by atoms with E-state index in [1.165, 1.54) is 6.07 Å². The first-order valence-corrected chi connectivity index (χ1v) is 23.1. The summed E-state index contributed by atoms with van der Waals surface area (Å²) in [7, 11) is 0. The number of halogens is 3. The van der Waals surface area contributed by atoms with Gasteiger partial charge in [0.25, 0.3) is 0 Å². The molecule has 2 aliphatic carbocycles. The maximum atomic E-state index is 14.5. The monoisotopic (exact) mass is 908 g/mol. The molecule has 2 aliphatic rings. The van der Waals surface area contributed by atoms with Crippen LogP contribution in [0.1, 0.15) is 29.5 Å². The van der Waals surface area contributed by atoms with Gasteiger partial charge in [0.1, 0.15) is 6.07 Å². The highest BCUT2D eigenvalue weighted by molar-refractivity contribution is 6.13. The van der Waals surface area contributed by atoms with Crippen LogP contribution in [0.2, 0.25) is 0 Å². The molecule has 0 unspecified atom stereocenters. The number of allylic oxidation sites excluding steroid dienone is 8. The van der Waals surface area contributed by atoms with Crippen LogP contribution in [-0.2, 0) is 6.18 Å². The Hall–Kier alpha value is -9.17. The molecule has 0 radical (unpaired) electrons. The number of hydrogen-bond donors (Lipinski definition) is 0. The van der Waals surface area contributed by atoms with E-state index in [9.17, 15) is 23.7 Å². The fourth-order valence-corrected chi connectivity index (χ4v) is 10.3. The second kappa shape index (κ2) is 16.9. The van der Waals surface area contributed by atoms with Gasteiger partial charge in [-0.05, 0) is 105 Å². The Morgan fingerprint density at radius 3 is 1.37 bits per heavy atom. The third kappa shape index (κ3) is 7.15. The van der Waals surface area contributed by atoms with Crippen molar-refractivity contribution in [3.63, 3.8) is 0 Å². The number of rotatable bonds is 5. The molecule has 8 aromatic carbocycles. The normalized spacial score (nSPS) is 15.0. The molecule has 4 nitrogen and oxygen atoms in total. The molecular formula is C63H39F3N4. The van der Waals surface area contributed by atoms with Gasteiger partial charge in [-0.25, -0.2) is 0 Å². The van der Waals surface area contributed by atoms with Crippen molar-refractivity contribution >= 4 is 54.8 Å². The fourth-order valence-electron chi connectivity index (χ4n) is 10.3. The average molecular weight is 909 g/mol. The van der Waals surface area contributed by atoms with E-state index in [1.54, 1.807) is 0 Å². The standard InChI is InChI=1S/C63H39F3N4/c64-63(65,66)50-25-30-51(48(31-50)38-67)56-37-57(69-58-32-44(40-13-5-1-6-14-40)21-26-52(58)53-27-22-45(33-59(53)69)41-15-7-2-8-16-41)49(39-68)36-62(56)70-60-34-46(42-17-9-3-10-18-42)23-28-54(60)55-29-24-47(35-61(55)70)43-19-11-4-12-20-43/h1-13,15,17-37H,14,16H2. The fraction of sp³-hybridized carbons (Fsp3) is 0.0476. The van der Waals surface area contributed by atoms with Crippen molar-refractivity contribution in [2.75, 3.05) is 0 Å². The summed E-state index contributed by atoms with van der Waals surface area (Å²) in [5, 5.41) is 28.2. The topological polar surface area (TPSA) is 57.4 Å². The van der Waals surface area contributed by atoms with Crippen molar-refractivity contribution in [1.29, 1.82) is 10.5 Å². The maximum absolute atomic E-state index is 14.5. The minimum absolute atomic E-state index is 0.142. The van der Waals surface area contributed by atoms with Crippen LogP contribution < -0.4 is 10.4 Å². The Morgan fingerprint density at radius 2 is 0.900 bits per heavy atom. The highest BCUT2D eigenvalue weighted by Gasteiger charge is 2.32. The van der Waals surface area contributed by atoms with E-state index in [0.717, 1.165) is 112 Å². The minimum atomic E-state index is -4.68. The third-order valence-electron chi connectivity index (χ3n) is 13.7. The molecule has 70 heavy (non-hydrogen) atoms. The number of hydrogen-bond acceptors (Lipinski definition) is 2. The van der Waals surface area contributed by atoms with Crippen LogP contribution in [0.5, 0.6) is 0 Å². The van der Waals surface area contributed by atoms with Crippen LogP contribution in [0, 0.1) is 22.7 Å². The number of aromatic nitrogens is 2. The zero-order valence-corrected chi connectivity index (χ0v) is 37.5. The largest absolute Gasteiger partial charge is 0.416 e. The maximum Gasteiger partial charge on any atom is 0.416 e. The van der Waals surface area contributed by atoms with Crippen LogP contribution in [0.15, 0.2) is 212 Å². The summed E-state index contributed by atoms with van der Waals surface area (Å²) >= 11 is 0. The van der Waals surface area contributed by atoms with Gasteiger partial charge in [0, 0.05) is 32.7 Å². The highest BCUT2D eigenvalue weighted by Crippen LogP contribution is 2.44. The van der Waals surface area contributed by atoms with Gasteiger partial charge in [-0.3, -0.25) is 0 Å². The van der Waals surface area contributed by atoms with Gasteiger partial charge in [0.05, 0.1) is 56.2 Å². The molecule has 332 valence electrons. The molecule has 0 fully saturated rings. The van der Waals surface area contributed by atoms with Gasteiger partial charge in [0.15, 0.2) is 0 Å². The number of nitrogens with zero attached hydrogens (tertiary/aromatic N) is 4. The van der Waals surface area contributed by atoms with Crippen LogP contribution in [-0.4, -0.2) is 9.13 Å². The predicted molar refractivity (Wildman–Crippen MR) is 278 cm³/mol. The number of nitriles is 2. The molecule has 0 spiro atoms. The molecule has 0 amide bonds. The van der Waals surface area contributed by atoms with Gasteiger partial charge >= 0.3 is 6.18 Å². The lowest BCUT2D eigenvalue weighted by atomic mass is 9.94. The highest BCUT2D eigenvalue weighted by atomic mass is 19.4. The van der Waals surface area contributed by atoms with Gasteiger partial charge < -0.3 is 9.13 Å². The number of fused-ring (bicyclic) bond motifs is 6. The molecule has 0 aliphatic heterocycles. The van der Waals surface area contributed by atoms with E-state index in [4.69, 9.17) is 0 Å². The van der Waals surface area contributed by atoms with Crippen molar-refractivity contribution in [1.82, 2.24) is 9.13 Å². The molecule has 2 aromatic heterocycles. The first kappa shape index (κ1) is 42.2. The zero-order chi connectivity index (χ0) is 47.5. The molecule has 0 N–H and O–H groups in total. The van der Waals surface area contributed by atoms with Crippen LogP contribution in [0.3, 0.4) is 0 Å². The summed E-state index contributed by atoms with van der Waals surface area (Å²) in [5.41, 5.74) is 10.8. The van der Waals surface area contributed by atoms with E-state index >= 15 is 0 Å². The van der Waals surface area contributed by atoms with Gasteiger partial charge in [0.2, 0.25) is 0 Å². The molecular weight excluding hydrogens is 870 g/mol. The number of benzene rings is 8. The lowest BCUT2D eigenvalue weighted by Gasteiger charge is -2.20. The predicted octanol–water partition coefficient (Wildman–Crippen LogP) is 15.0. The van der Waals surface area contributed by atoms with E-state index in [-0.39, 0.29) is 5.56 Å². The summed E-state index contributed by atoms with van der Waals surface area (Å²) in [4.78, 5) is 0. The lowest BCUT2D eigenvalue weighted by Crippen LogP contribution is -2.09. The van der Waals surface area contributed by atoms with Crippen LogP contribution >= 0.6 is 0 Å². The van der Waals surface area contributed by atoms with Gasteiger partial charge in [-0.15, -0.1) is 0 Å². The van der Waals surface area contributed by atoms with Gasteiger partial charge in [-0.2, -0.15) is 23.7 Å². The Balaban J connectivity index is 1.24. The Morgan fingerprint density at radius 1 is 0.414 bits per heavy atom. The second-order valence-corrected chi connectivity index (χ2v) is 17.7. The van der Waals surface area contributed by atoms with Crippen LogP contribution in [0.4, 0.5) is 13.2 Å². The number of alkyl halides is 3. The first-order chi connectivity index (χ1) is 34.2. The SMILES string of the molecule is N#Cc1cc(C(F)(F)F)ccc1-c1cc(-n2c3cc(=C4C=CC=CC4)ccc3c3ccc(=C4C=CC=CC4)cc32)c(C#N)cc1-n1c2cc(-c3ccccc3)ccc2c2ccc(-c3ccccc3)cc21. The zero-order valence-electron chi connectivity index (χ0n) is 37.5. The molecule has 0 bridgehead atoms. The minimum Gasteiger partial charge on any atom is -0.309 e. The van der Waals surface area contributed by atoms with E-state index in [0.29, 0.717) is 28.1 Å². The summed E-state index contributed by atoms with van der Waals surface area (Å²) in [6.07, 6.45) is 13.5. The van der Waals surface area contributed by atoms with E-state index in [2.05, 4.69) is 143 Å². The Bertz CT molecular complexity index is 3970. The van der Waals surface area contributed by atoms with Crippen molar-refractivity contribution in [3.05, 3.63) is 240 Å². The van der Waals surface area contributed by atoms with Gasteiger partial charge in [-0.1, -0.05) is 164 Å². The average Bonchev–Trinajstić information content (AvgIpc) is 3.92. The van der Waals surface area contributed by atoms with E-state index < -0.39 is 11.7 Å². The second-order valence-electron chi connectivity index (χ2n) is 17.7. The molecule has 0 saturated carbocycles. The Labute approximate surface area is 401 Å². The summed E-state index contributed by atoms with van der Waals surface area (Å²) in [6.45, 7) is 0. The molecule has 0 atom stereocenters. The Kier molecular flexibility index (Phi) is 10.2. The molecule has 12 rings (SSSR count). The summed E-state index contributed by atoms with van der Waals surface area (Å²) < 4.78 is 47.6. The van der Waals surface area contributed by atoms with Crippen molar-refractivity contribution in [3.8, 4) is 56.9 Å². The lowest BCUT2D eigenvalue weighted by molar-refractivity contribution is -0.137. The van der Waals surface area contributed by atoms with Crippen LogP contribution in [0.25, 0.3) is 99.5 Å². The molecule has 0 saturated heterocycles. The summed E-state index contributed by atoms with van der Waals surface area (Å²) in [6, 6.07) is 57.5.